The lowest BCUT2D eigenvalue weighted by Gasteiger charge is -2.34. The highest BCUT2D eigenvalue weighted by molar-refractivity contribution is 5.76. The molecule has 1 heterocycles. The number of aryl methyl sites for hydroxylation is 1. The number of carbonyl (C=O) groups is 1. The van der Waals surface area contributed by atoms with Crippen molar-refractivity contribution >= 4 is 5.91 Å². The largest absolute Gasteiger partial charge is 0.491 e. The van der Waals surface area contributed by atoms with E-state index in [1.165, 1.54) is 0 Å². The van der Waals surface area contributed by atoms with Crippen LogP contribution in [0.25, 0.3) is 0 Å². The maximum atomic E-state index is 12.3. The van der Waals surface area contributed by atoms with Crippen LogP contribution in [0.5, 0.6) is 5.75 Å². The number of hydrogen-bond donors (Lipinski definition) is 1. The van der Waals surface area contributed by atoms with Crippen LogP contribution in [0.15, 0.2) is 24.3 Å². The Labute approximate surface area is 138 Å². The van der Waals surface area contributed by atoms with Crippen LogP contribution in [0.2, 0.25) is 0 Å². The lowest BCUT2D eigenvalue weighted by atomic mass is 10.1. The second-order valence-corrected chi connectivity index (χ2v) is 6.26. The quantitative estimate of drug-likeness (QED) is 0.828. The van der Waals surface area contributed by atoms with Crippen molar-refractivity contribution in [2.45, 2.75) is 32.8 Å². The highest BCUT2D eigenvalue weighted by atomic mass is 16.5. The summed E-state index contributed by atoms with van der Waals surface area (Å²) in [5.74, 6) is 1.09. The van der Waals surface area contributed by atoms with E-state index in [0.29, 0.717) is 13.0 Å². The number of nitrogens with zero attached hydrogens (tertiary/aromatic N) is 2. The molecule has 0 bridgehead atoms. The Hall–Kier alpha value is -1.59. The molecule has 128 valence electrons. The molecule has 1 aliphatic heterocycles. The van der Waals surface area contributed by atoms with Crippen molar-refractivity contribution in [3.05, 3.63) is 29.8 Å². The summed E-state index contributed by atoms with van der Waals surface area (Å²) in [6.45, 7) is 8.14. The predicted octanol–water partition coefficient (Wildman–Crippen LogP) is 1.54. The topological polar surface area (TPSA) is 53.0 Å². The molecule has 0 spiro atoms. The molecule has 1 aromatic rings. The first-order valence-corrected chi connectivity index (χ1v) is 8.45. The van der Waals surface area contributed by atoms with E-state index in [1.807, 2.05) is 43.0 Å². The van der Waals surface area contributed by atoms with Crippen molar-refractivity contribution in [3.8, 4) is 5.75 Å². The van der Waals surface area contributed by atoms with E-state index in [4.69, 9.17) is 9.84 Å². The summed E-state index contributed by atoms with van der Waals surface area (Å²) in [4.78, 5) is 16.4. The molecule has 5 heteroatoms. The van der Waals surface area contributed by atoms with Gasteiger partial charge in [0.15, 0.2) is 0 Å². The third-order valence-electron chi connectivity index (χ3n) is 4.06. The first-order valence-electron chi connectivity index (χ1n) is 8.45. The van der Waals surface area contributed by atoms with Gasteiger partial charge < -0.3 is 14.7 Å². The zero-order valence-corrected chi connectivity index (χ0v) is 14.2. The lowest BCUT2D eigenvalue weighted by Crippen LogP contribution is -2.49. The van der Waals surface area contributed by atoms with E-state index in [0.717, 1.165) is 43.9 Å². The number of benzene rings is 1. The Morgan fingerprint density at radius 2 is 1.83 bits per heavy atom. The van der Waals surface area contributed by atoms with Gasteiger partial charge in [-0.1, -0.05) is 12.1 Å². The lowest BCUT2D eigenvalue weighted by molar-refractivity contribution is -0.132. The van der Waals surface area contributed by atoms with Gasteiger partial charge in [-0.3, -0.25) is 9.69 Å². The molecule has 0 saturated carbocycles. The molecule has 1 amide bonds. The third kappa shape index (κ3) is 5.84. The molecule has 1 aromatic carbocycles. The molecule has 5 nitrogen and oxygen atoms in total. The smallest absolute Gasteiger partial charge is 0.222 e. The molecule has 2 rings (SSSR count). The van der Waals surface area contributed by atoms with Gasteiger partial charge in [-0.25, -0.2) is 0 Å². The summed E-state index contributed by atoms with van der Waals surface area (Å²) in [5.41, 5.74) is 1.16. The highest BCUT2D eigenvalue weighted by Gasteiger charge is 2.20. The summed E-state index contributed by atoms with van der Waals surface area (Å²) in [5, 5.41) is 8.94. The predicted molar refractivity (Wildman–Crippen MR) is 90.6 cm³/mol. The number of aliphatic hydroxyl groups excluding tert-OH is 1. The second-order valence-electron chi connectivity index (χ2n) is 6.26. The molecule has 1 N–H and O–H groups in total. The van der Waals surface area contributed by atoms with Gasteiger partial charge in [0.2, 0.25) is 5.91 Å². The van der Waals surface area contributed by atoms with Crippen LogP contribution >= 0.6 is 0 Å². The molecule has 1 saturated heterocycles. The van der Waals surface area contributed by atoms with Gasteiger partial charge in [0.05, 0.1) is 12.7 Å². The highest BCUT2D eigenvalue weighted by Crippen LogP contribution is 2.15. The number of β-amino-alcohol motifs (C(OH)–C–C–N with tert-alkyl or cyclic N) is 1. The van der Waals surface area contributed by atoms with E-state index in [2.05, 4.69) is 4.90 Å². The molecule has 0 aromatic heterocycles. The summed E-state index contributed by atoms with van der Waals surface area (Å²) >= 11 is 0. The molecule has 0 unspecified atom stereocenters. The van der Waals surface area contributed by atoms with Gasteiger partial charge >= 0.3 is 0 Å². The van der Waals surface area contributed by atoms with Crippen LogP contribution in [-0.2, 0) is 11.2 Å². The normalized spacial score (nSPS) is 15.9. The van der Waals surface area contributed by atoms with Crippen molar-refractivity contribution in [2.75, 3.05) is 39.3 Å². The fourth-order valence-corrected chi connectivity index (χ4v) is 2.78. The number of rotatable bonds is 7. The van der Waals surface area contributed by atoms with Crippen LogP contribution in [0, 0.1) is 0 Å². The monoisotopic (exact) mass is 320 g/mol. The Bertz CT molecular complexity index is 480. The Morgan fingerprint density at radius 3 is 2.39 bits per heavy atom. The zero-order chi connectivity index (χ0) is 16.7. The van der Waals surface area contributed by atoms with Crippen molar-refractivity contribution < 1.29 is 14.6 Å². The maximum Gasteiger partial charge on any atom is 0.222 e. The van der Waals surface area contributed by atoms with Crippen LogP contribution in [0.3, 0.4) is 0 Å². The summed E-state index contributed by atoms with van der Waals surface area (Å²) in [7, 11) is 0. The minimum Gasteiger partial charge on any atom is -0.491 e. The molecule has 0 aliphatic carbocycles. The molecule has 1 aliphatic rings. The van der Waals surface area contributed by atoms with Gasteiger partial charge in [-0.05, 0) is 38.0 Å². The van der Waals surface area contributed by atoms with Gasteiger partial charge in [-0.2, -0.15) is 0 Å². The standard InChI is InChI=1S/C18H28N2O3/c1-15(2)23-17-6-3-16(4-7-17)5-8-18(22)20-11-9-19(10-12-20)13-14-21/h3-4,6-7,15,21H,5,8-14H2,1-2H3. The van der Waals surface area contributed by atoms with Crippen LogP contribution in [0.1, 0.15) is 25.8 Å². The fourth-order valence-electron chi connectivity index (χ4n) is 2.78. The van der Waals surface area contributed by atoms with Crippen molar-refractivity contribution in [2.24, 2.45) is 0 Å². The first kappa shape index (κ1) is 17.8. The van der Waals surface area contributed by atoms with E-state index in [-0.39, 0.29) is 18.6 Å². The second kappa shape index (κ2) is 8.89. The maximum absolute atomic E-state index is 12.3. The molecular formula is C18H28N2O3. The number of ether oxygens (including phenoxy) is 1. The summed E-state index contributed by atoms with van der Waals surface area (Å²) in [6.07, 6.45) is 1.48. The Morgan fingerprint density at radius 1 is 1.17 bits per heavy atom. The minimum atomic E-state index is 0.173. The minimum absolute atomic E-state index is 0.173. The Balaban J connectivity index is 1.74. The number of hydrogen-bond acceptors (Lipinski definition) is 4. The van der Waals surface area contributed by atoms with E-state index in [1.54, 1.807) is 0 Å². The molecule has 1 fully saturated rings. The summed E-state index contributed by atoms with van der Waals surface area (Å²) < 4.78 is 5.62. The van der Waals surface area contributed by atoms with Crippen LogP contribution in [0.4, 0.5) is 0 Å². The van der Waals surface area contributed by atoms with Gasteiger partial charge in [-0.15, -0.1) is 0 Å². The van der Waals surface area contributed by atoms with Gasteiger partial charge in [0.1, 0.15) is 5.75 Å². The molecular weight excluding hydrogens is 292 g/mol. The van der Waals surface area contributed by atoms with E-state index >= 15 is 0 Å². The number of carbonyl (C=O) groups excluding carboxylic acids is 1. The number of piperazine rings is 1. The third-order valence-corrected chi connectivity index (χ3v) is 4.06. The summed E-state index contributed by atoms with van der Waals surface area (Å²) in [6, 6.07) is 8.00. The van der Waals surface area contributed by atoms with Gasteiger partial charge in [0.25, 0.3) is 0 Å². The van der Waals surface area contributed by atoms with Crippen molar-refractivity contribution in [1.29, 1.82) is 0 Å². The molecule has 0 radical (unpaired) electrons. The SMILES string of the molecule is CC(C)Oc1ccc(CCC(=O)N2CCN(CCO)CC2)cc1. The van der Waals surface area contributed by atoms with Crippen molar-refractivity contribution in [3.63, 3.8) is 0 Å². The zero-order valence-electron chi connectivity index (χ0n) is 14.2. The van der Waals surface area contributed by atoms with Crippen LogP contribution < -0.4 is 4.74 Å². The van der Waals surface area contributed by atoms with Gasteiger partial charge in [0, 0.05) is 39.1 Å². The average molecular weight is 320 g/mol. The van der Waals surface area contributed by atoms with E-state index in [9.17, 15) is 4.79 Å². The number of aliphatic hydroxyl groups is 1. The first-order chi connectivity index (χ1) is 11.1. The fraction of sp³-hybridized carbons (Fsp3) is 0.611. The van der Waals surface area contributed by atoms with Crippen molar-refractivity contribution in [1.82, 2.24) is 9.80 Å². The molecule has 0 atom stereocenters. The Kier molecular flexibility index (Phi) is 6.86. The molecule has 23 heavy (non-hydrogen) atoms. The number of amides is 1. The van der Waals surface area contributed by atoms with Crippen LogP contribution in [-0.4, -0.2) is 66.2 Å². The van der Waals surface area contributed by atoms with E-state index < -0.39 is 0 Å². The average Bonchev–Trinajstić information content (AvgIpc) is 2.54.